The van der Waals surface area contributed by atoms with Gasteiger partial charge in [0.1, 0.15) is 0 Å². The molecule has 0 spiro atoms. The van der Waals surface area contributed by atoms with E-state index in [1.54, 1.807) is 0 Å². The van der Waals surface area contributed by atoms with E-state index in [-0.39, 0.29) is 5.38 Å². The molecule has 0 fully saturated rings. The molecule has 0 aliphatic heterocycles. The first-order chi connectivity index (χ1) is 8.21. The van der Waals surface area contributed by atoms with Gasteiger partial charge in [0.25, 0.3) is 0 Å². The van der Waals surface area contributed by atoms with Crippen LogP contribution in [0.3, 0.4) is 0 Å². The molecule has 0 aromatic heterocycles. The highest BCUT2D eigenvalue weighted by atomic mass is 35.5. The molecule has 0 aliphatic carbocycles. The Balaban J connectivity index is 2.59. The largest absolute Gasteiger partial charge is 0.302 e. The van der Waals surface area contributed by atoms with Gasteiger partial charge in [0.2, 0.25) is 0 Å². The summed E-state index contributed by atoms with van der Waals surface area (Å²) in [6, 6.07) is 8.76. The number of alkyl halides is 1. The molecule has 1 nitrogen and oxygen atoms in total. The van der Waals surface area contributed by atoms with Gasteiger partial charge in [-0.1, -0.05) is 51.5 Å². The molecule has 0 bridgehead atoms. The number of hydrogen-bond donors (Lipinski definition) is 0. The summed E-state index contributed by atoms with van der Waals surface area (Å²) in [7, 11) is 0. The number of likely N-dealkylation sites (N-methyl/N-ethyl adjacent to an activating group) is 1. The lowest BCUT2D eigenvalue weighted by Crippen LogP contribution is -2.26. The third kappa shape index (κ3) is 4.69. The van der Waals surface area contributed by atoms with Crippen molar-refractivity contribution in [3.8, 4) is 0 Å². The summed E-state index contributed by atoms with van der Waals surface area (Å²) in [4.78, 5) is 2.36. The molecule has 0 amide bonds. The van der Waals surface area contributed by atoms with E-state index >= 15 is 0 Å². The first kappa shape index (κ1) is 14.5. The Morgan fingerprint density at radius 2 is 1.65 bits per heavy atom. The van der Waals surface area contributed by atoms with Gasteiger partial charge >= 0.3 is 0 Å². The molecule has 1 aromatic rings. The van der Waals surface area contributed by atoms with Gasteiger partial charge in [-0.2, -0.15) is 0 Å². The fraction of sp³-hybridized carbons (Fsp3) is 0.600. The minimum atomic E-state index is 0.102. The lowest BCUT2D eigenvalue weighted by Gasteiger charge is -2.21. The number of aryl methyl sites for hydroxylation is 1. The molecule has 0 saturated carbocycles. The summed E-state index contributed by atoms with van der Waals surface area (Å²) in [5.41, 5.74) is 2.64. The maximum Gasteiger partial charge on any atom is 0.0712 e. The average Bonchev–Trinajstić information content (AvgIpc) is 2.37. The monoisotopic (exact) mass is 253 g/mol. The van der Waals surface area contributed by atoms with E-state index < -0.39 is 0 Å². The minimum Gasteiger partial charge on any atom is -0.302 e. The van der Waals surface area contributed by atoms with E-state index in [0.29, 0.717) is 0 Å². The highest BCUT2D eigenvalue weighted by Gasteiger charge is 2.11. The van der Waals surface area contributed by atoms with Crippen LogP contribution in [0.15, 0.2) is 24.3 Å². The van der Waals surface area contributed by atoms with E-state index in [4.69, 9.17) is 11.6 Å². The molecule has 1 aromatic carbocycles. The van der Waals surface area contributed by atoms with Crippen LogP contribution in [0.2, 0.25) is 0 Å². The third-order valence-electron chi connectivity index (χ3n) is 3.19. The van der Waals surface area contributed by atoms with Gasteiger partial charge in [0.15, 0.2) is 0 Å². The summed E-state index contributed by atoms with van der Waals surface area (Å²) in [5, 5.41) is 0.102. The molecule has 17 heavy (non-hydrogen) atoms. The van der Waals surface area contributed by atoms with E-state index in [1.807, 2.05) is 0 Å². The van der Waals surface area contributed by atoms with Crippen molar-refractivity contribution in [2.75, 3.05) is 19.6 Å². The third-order valence-corrected chi connectivity index (χ3v) is 3.58. The van der Waals surface area contributed by atoms with Crippen LogP contribution in [0.1, 0.15) is 43.7 Å². The second-order valence-electron chi connectivity index (χ2n) is 4.44. The number of halogens is 1. The molecule has 96 valence electrons. The van der Waals surface area contributed by atoms with Crippen molar-refractivity contribution in [1.82, 2.24) is 4.90 Å². The van der Waals surface area contributed by atoms with Crippen LogP contribution in [-0.4, -0.2) is 24.5 Å². The first-order valence-electron chi connectivity index (χ1n) is 6.66. The molecule has 0 radical (unpaired) electrons. The van der Waals surface area contributed by atoms with Crippen LogP contribution >= 0.6 is 11.6 Å². The number of nitrogens with zero attached hydrogens (tertiary/aromatic N) is 1. The maximum absolute atomic E-state index is 6.45. The summed E-state index contributed by atoms with van der Waals surface area (Å²) < 4.78 is 0. The van der Waals surface area contributed by atoms with E-state index in [1.165, 1.54) is 17.5 Å². The van der Waals surface area contributed by atoms with Gasteiger partial charge in [-0.15, -0.1) is 11.6 Å². The van der Waals surface area contributed by atoms with Crippen molar-refractivity contribution in [3.05, 3.63) is 35.4 Å². The van der Waals surface area contributed by atoms with Crippen molar-refractivity contribution in [2.24, 2.45) is 0 Å². The Labute approximate surface area is 111 Å². The van der Waals surface area contributed by atoms with Crippen LogP contribution in [0.25, 0.3) is 0 Å². The Morgan fingerprint density at radius 1 is 1.06 bits per heavy atom. The Hall–Kier alpha value is -0.530. The van der Waals surface area contributed by atoms with E-state index in [2.05, 4.69) is 49.9 Å². The van der Waals surface area contributed by atoms with Crippen LogP contribution in [0, 0.1) is 0 Å². The van der Waals surface area contributed by atoms with Crippen LogP contribution in [-0.2, 0) is 6.42 Å². The van der Waals surface area contributed by atoms with E-state index in [9.17, 15) is 0 Å². The molecular formula is C15H24ClN. The van der Waals surface area contributed by atoms with E-state index in [0.717, 1.165) is 26.1 Å². The predicted octanol–water partition coefficient (Wildman–Crippen LogP) is 4.26. The molecule has 2 heteroatoms. The normalized spacial score (nSPS) is 13.0. The number of hydrogen-bond acceptors (Lipinski definition) is 1. The van der Waals surface area contributed by atoms with Crippen LogP contribution < -0.4 is 0 Å². The van der Waals surface area contributed by atoms with Gasteiger partial charge in [-0.3, -0.25) is 0 Å². The van der Waals surface area contributed by atoms with Gasteiger partial charge < -0.3 is 4.90 Å². The molecular weight excluding hydrogens is 230 g/mol. The van der Waals surface area contributed by atoms with Gasteiger partial charge in [-0.25, -0.2) is 0 Å². The molecule has 1 rings (SSSR count). The molecule has 0 N–H and O–H groups in total. The summed E-state index contributed by atoms with van der Waals surface area (Å²) in [6.45, 7) is 9.62. The van der Waals surface area contributed by atoms with Gasteiger partial charge in [-0.05, 0) is 30.6 Å². The zero-order valence-electron chi connectivity index (χ0n) is 11.2. The zero-order valence-corrected chi connectivity index (χ0v) is 12.0. The lowest BCUT2D eigenvalue weighted by atomic mass is 10.1. The summed E-state index contributed by atoms with van der Waals surface area (Å²) in [5.74, 6) is 0. The molecule has 1 unspecified atom stereocenters. The quantitative estimate of drug-likeness (QED) is 0.657. The zero-order chi connectivity index (χ0) is 12.7. The van der Waals surface area contributed by atoms with Crippen molar-refractivity contribution in [2.45, 2.75) is 39.0 Å². The predicted molar refractivity (Wildman–Crippen MR) is 76.8 cm³/mol. The average molecular weight is 254 g/mol. The SMILES string of the molecule is CCCc1ccc(C(Cl)CN(CC)CC)cc1. The fourth-order valence-corrected chi connectivity index (χ4v) is 2.34. The topological polar surface area (TPSA) is 3.24 Å². The smallest absolute Gasteiger partial charge is 0.0712 e. The lowest BCUT2D eigenvalue weighted by molar-refractivity contribution is 0.304. The maximum atomic E-state index is 6.45. The van der Waals surface area contributed by atoms with Crippen LogP contribution in [0.4, 0.5) is 0 Å². The molecule has 0 aliphatic rings. The standard InChI is InChI=1S/C15H24ClN/c1-4-7-13-8-10-14(11-9-13)15(16)12-17(5-2)6-3/h8-11,15H,4-7,12H2,1-3H3. The van der Waals surface area contributed by atoms with Crippen LogP contribution in [0.5, 0.6) is 0 Å². The Kier molecular flexibility index (Phi) is 6.61. The second kappa shape index (κ2) is 7.73. The first-order valence-corrected chi connectivity index (χ1v) is 7.10. The molecule has 0 saturated heterocycles. The van der Waals surface area contributed by atoms with Crippen molar-refractivity contribution in [1.29, 1.82) is 0 Å². The second-order valence-corrected chi connectivity index (χ2v) is 4.97. The summed E-state index contributed by atoms with van der Waals surface area (Å²) >= 11 is 6.45. The van der Waals surface area contributed by atoms with Crippen molar-refractivity contribution >= 4 is 11.6 Å². The highest BCUT2D eigenvalue weighted by Crippen LogP contribution is 2.22. The van der Waals surface area contributed by atoms with Gasteiger partial charge in [0.05, 0.1) is 5.38 Å². The Morgan fingerprint density at radius 3 is 2.12 bits per heavy atom. The van der Waals surface area contributed by atoms with Crippen molar-refractivity contribution in [3.63, 3.8) is 0 Å². The fourth-order valence-electron chi connectivity index (χ4n) is 2.00. The molecule has 1 atom stereocenters. The molecule has 0 heterocycles. The van der Waals surface area contributed by atoms with Crippen molar-refractivity contribution < 1.29 is 0 Å². The summed E-state index contributed by atoms with van der Waals surface area (Å²) in [6.07, 6.45) is 2.35. The highest BCUT2D eigenvalue weighted by molar-refractivity contribution is 6.21. The number of rotatable bonds is 7. The van der Waals surface area contributed by atoms with Gasteiger partial charge in [0, 0.05) is 6.54 Å². The number of benzene rings is 1. The Bertz CT molecular complexity index is 303. The minimum absolute atomic E-state index is 0.102.